The van der Waals surface area contributed by atoms with Crippen molar-refractivity contribution in [3.8, 4) is 0 Å². The van der Waals surface area contributed by atoms with Gasteiger partial charge < -0.3 is 10.1 Å². The number of nitrogens with one attached hydrogen (secondary N) is 1. The number of ether oxygens (including phenoxy) is 1. The first kappa shape index (κ1) is 15.4. The minimum atomic E-state index is -0.200. The first-order chi connectivity index (χ1) is 9.43. The molecule has 0 aromatic heterocycles. The van der Waals surface area contributed by atoms with Gasteiger partial charge in [0.05, 0.1) is 6.61 Å². The number of amides is 2. The number of likely N-dealkylation sites (tertiary alicyclic amines) is 1. The fourth-order valence-corrected chi connectivity index (χ4v) is 3.12. The molecular formula is C15H26N2O3. The lowest BCUT2D eigenvalue weighted by Crippen LogP contribution is -2.53. The van der Waals surface area contributed by atoms with Crippen LogP contribution in [0.2, 0.25) is 0 Å². The van der Waals surface area contributed by atoms with Crippen LogP contribution in [0, 0.1) is 11.3 Å². The maximum Gasteiger partial charge on any atom is 0.229 e. The summed E-state index contributed by atoms with van der Waals surface area (Å²) in [4.78, 5) is 25.9. The largest absolute Gasteiger partial charge is 0.381 e. The van der Waals surface area contributed by atoms with Gasteiger partial charge in [0.15, 0.2) is 0 Å². The quantitative estimate of drug-likeness (QED) is 0.769. The Labute approximate surface area is 121 Å². The molecule has 2 rings (SSSR count). The second kappa shape index (κ2) is 6.22. The Kier molecular flexibility index (Phi) is 4.81. The van der Waals surface area contributed by atoms with Crippen LogP contribution in [0.5, 0.6) is 0 Å². The standard InChI is InChI=1S/C15H26N2O3/c1-4-16-12(11-5-6-20-10-11)9-17-13(18)7-15(2,3)8-14(17)19/h11-12,16H,4-10H2,1-3H3. The van der Waals surface area contributed by atoms with Crippen LogP contribution in [0.25, 0.3) is 0 Å². The highest BCUT2D eigenvalue weighted by Crippen LogP contribution is 2.32. The van der Waals surface area contributed by atoms with Crippen molar-refractivity contribution < 1.29 is 14.3 Å². The number of rotatable bonds is 5. The lowest BCUT2D eigenvalue weighted by atomic mass is 9.81. The minimum Gasteiger partial charge on any atom is -0.381 e. The molecule has 20 heavy (non-hydrogen) atoms. The third-order valence-electron chi connectivity index (χ3n) is 4.24. The third kappa shape index (κ3) is 3.58. The van der Waals surface area contributed by atoms with Crippen LogP contribution >= 0.6 is 0 Å². The van der Waals surface area contributed by atoms with Gasteiger partial charge in [-0.25, -0.2) is 0 Å². The Hall–Kier alpha value is -0.940. The maximum absolute atomic E-state index is 12.2. The summed E-state index contributed by atoms with van der Waals surface area (Å²) in [7, 11) is 0. The molecule has 2 atom stereocenters. The van der Waals surface area contributed by atoms with Crippen LogP contribution in [0.4, 0.5) is 0 Å². The van der Waals surface area contributed by atoms with Crippen molar-refractivity contribution >= 4 is 11.8 Å². The summed E-state index contributed by atoms with van der Waals surface area (Å²) in [6.45, 7) is 8.82. The second-order valence-corrected chi connectivity index (χ2v) is 6.70. The van der Waals surface area contributed by atoms with E-state index >= 15 is 0 Å². The highest BCUT2D eigenvalue weighted by Gasteiger charge is 2.39. The van der Waals surface area contributed by atoms with E-state index in [0.29, 0.717) is 25.3 Å². The van der Waals surface area contributed by atoms with E-state index in [1.54, 1.807) is 0 Å². The Morgan fingerprint density at radius 3 is 2.50 bits per heavy atom. The van der Waals surface area contributed by atoms with E-state index in [9.17, 15) is 9.59 Å². The van der Waals surface area contributed by atoms with Crippen molar-refractivity contribution in [3.63, 3.8) is 0 Å². The molecule has 0 saturated carbocycles. The van der Waals surface area contributed by atoms with E-state index in [0.717, 1.165) is 26.2 Å². The summed E-state index contributed by atoms with van der Waals surface area (Å²) in [5.74, 6) is 0.326. The molecule has 0 spiro atoms. The summed E-state index contributed by atoms with van der Waals surface area (Å²) in [6, 6.07) is 0.150. The number of hydrogen-bond acceptors (Lipinski definition) is 4. The molecule has 0 radical (unpaired) electrons. The number of likely N-dealkylation sites (N-methyl/N-ethyl adjacent to an activating group) is 1. The van der Waals surface area contributed by atoms with Crippen molar-refractivity contribution in [2.75, 3.05) is 26.3 Å². The number of carbonyl (C=O) groups is 2. The number of hydrogen-bond donors (Lipinski definition) is 1. The molecule has 2 saturated heterocycles. The Balaban J connectivity index is 2.02. The Bertz CT molecular complexity index is 355. The summed E-state index contributed by atoms with van der Waals surface area (Å²) in [6.07, 6.45) is 1.91. The fraction of sp³-hybridized carbons (Fsp3) is 0.867. The summed E-state index contributed by atoms with van der Waals surface area (Å²) >= 11 is 0. The molecule has 2 heterocycles. The van der Waals surface area contributed by atoms with E-state index in [1.807, 2.05) is 20.8 Å². The minimum absolute atomic E-state index is 0.0342. The maximum atomic E-state index is 12.2. The first-order valence-electron chi connectivity index (χ1n) is 7.57. The molecule has 2 aliphatic heterocycles. The van der Waals surface area contributed by atoms with Crippen LogP contribution in [0.1, 0.15) is 40.0 Å². The smallest absolute Gasteiger partial charge is 0.229 e. The van der Waals surface area contributed by atoms with Crippen LogP contribution in [0.15, 0.2) is 0 Å². The van der Waals surface area contributed by atoms with Gasteiger partial charge in [0.2, 0.25) is 11.8 Å². The number of carbonyl (C=O) groups excluding carboxylic acids is 2. The zero-order valence-electron chi connectivity index (χ0n) is 12.8. The summed E-state index contributed by atoms with van der Waals surface area (Å²) < 4.78 is 5.43. The van der Waals surface area contributed by atoms with E-state index in [1.165, 1.54) is 4.90 Å². The van der Waals surface area contributed by atoms with Crippen molar-refractivity contribution in [3.05, 3.63) is 0 Å². The average Bonchev–Trinajstić information content (AvgIpc) is 2.84. The summed E-state index contributed by atoms with van der Waals surface area (Å²) in [5, 5.41) is 3.41. The number of imide groups is 1. The molecule has 2 aliphatic rings. The van der Waals surface area contributed by atoms with Crippen LogP contribution in [-0.2, 0) is 14.3 Å². The van der Waals surface area contributed by atoms with Crippen molar-refractivity contribution in [1.29, 1.82) is 0 Å². The Morgan fingerprint density at radius 2 is 2.00 bits per heavy atom. The lowest BCUT2D eigenvalue weighted by molar-refractivity contribution is -0.153. The zero-order chi connectivity index (χ0) is 14.8. The molecule has 0 aliphatic carbocycles. The molecule has 2 amide bonds. The van der Waals surface area contributed by atoms with Gasteiger partial charge in [-0.2, -0.15) is 0 Å². The van der Waals surface area contributed by atoms with Gasteiger partial charge in [-0.05, 0) is 18.4 Å². The molecule has 0 aromatic carbocycles. The van der Waals surface area contributed by atoms with Crippen molar-refractivity contribution in [1.82, 2.24) is 10.2 Å². The van der Waals surface area contributed by atoms with Crippen LogP contribution < -0.4 is 5.32 Å². The van der Waals surface area contributed by atoms with Crippen LogP contribution in [-0.4, -0.2) is 49.1 Å². The van der Waals surface area contributed by atoms with Gasteiger partial charge in [0.1, 0.15) is 0 Å². The molecule has 5 heteroatoms. The van der Waals surface area contributed by atoms with Crippen molar-refractivity contribution in [2.24, 2.45) is 11.3 Å². The van der Waals surface area contributed by atoms with Gasteiger partial charge in [-0.3, -0.25) is 14.5 Å². The zero-order valence-corrected chi connectivity index (χ0v) is 12.8. The monoisotopic (exact) mass is 282 g/mol. The highest BCUT2D eigenvalue weighted by molar-refractivity contribution is 5.98. The number of piperidine rings is 1. The van der Waals surface area contributed by atoms with Gasteiger partial charge in [0.25, 0.3) is 0 Å². The molecule has 0 bridgehead atoms. The fourth-order valence-electron chi connectivity index (χ4n) is 3.12. The van der Waals surface area contributed by atoms with E-state index in [-0.39, 0.29) is 23.3 Å². The first-order valence-corrected chi connectivity index (χ1v) is 7.57. The molecule has 114 valence electrons. The van der Waals surface area contributed by atoms with Gasteiger partial charge >= 0.3 is 0 Å². The lowest BCUT2D eigenvalue weighted by Gasteiger charge is -2.37. The van der Waals surface area contributed by atoms with Crippen LogP contribution in [0.3, 0.4) is 0 Å². The highest BCUT2D eigenvalue weighted by atomic mass is 16.5. The topological polar surface area (TPSA) is 58.6 Å². The van der Waals surface area contributed by atoms with E-state index in [2.05, 4.69) is 5.32 Å². The molecule has 2 fully saturated rings. The van der Waals surface area contributed by atoms with Gasteiger partial charge in [-0.1, -0.05) is 20.8 Å². The molecular weight excluding hydrogens is 256 g/mol. The summed E-state index contributed by atoms with van der Waals surface area (Å²) in [5.41, 5.74) is -0.200. The third-order valence-corrected chi connectivity index (χ3v) is 4.24. The second-order valence-electron chi connectivity index (χ2n) is 6.70. The Morgan fingerprint density at radius 1 is 1.35 bits per heavy atom. The van der Waals surface area contributed by atoms with E-state index < -0.39 is 0 Å². The molecule has 2 unspecified atom stereocenters. The average molecular weight is 282 g/mol. The molecule has 1 N–H and O–H groups in total. The molecule has 5 nitrogen and oxygen atoms in total. The number of nitrogens with zero attached hydrogens (tertiary/aromatic N) is 1. The van der Waals surface area contributed by atoms with Gasteiger partial charge in [-0.15, -0.1) is 0 Å². The SMILES string of the molecule is CCNC(CN1C(=O)CC(C)(C)CC1=O)C1CCOC1. The predicted molar refractivity (Wildman–Crippen MR) is 76.1 cm³/mol. The van der Waals surface area contributed by atoms with Crippen molar-refractivity contribution in [2.45, 2.75) is 46.1 Å². The normalized spacial score (nSPS) is 27.9. The molecule has 0 aromatic rings. The van der Waals surface area contributed by atoms with E-state index in [4.69, 9.17) is 4.74 Å². The van der Waals surface area contributed by atoms with Gasteiger partial charge in [0, 0.05) is 38.0 Å². The predicted octanol–water partition coefficient (Wildman–Crippen LogP) is 1.18.